The third-order valence-electron chi connectivity index (χ3n) is 4.98. The van der Waals surface area contributed by atoms with Crippen LogP contribution in [0.25, 0.3) is 11.0 Å². The lowest BCUT2D eigenvalue weighted by Gasteiger charge is -2.22. The predicted octanol–water partition coefficient (Wildman–Crippen LogP) is 3.73. The van der Waals surface area contributed by atoms with Gasteiger partial charge in [-0.15, -0.1) is 0 Å². The molecule has 21 heavy (non-hydrogen) atoms. The molecule has 0 amide bonds. The van der Waals surface area contributed by atoms with Crippen LogP contribution < -0.4 is 0 Å². The number of para-hydroxylation sites is 1. The minimum atomic E-state index is -0.876. The van der Waals surface area contributed by atoms with E-state index in [0.29, 0.717) is 16.9 Å². The van der Waals surface area contributed by atoms with E-state index in [2.05, 4.69) is 30.3 Å². The molecule has 0 radical (unpaired) electrons. The third-order valence-corrected chi connectivity index (χ3v) is 4.98. The molecule has 2 aromatic rings. The van der Waals surface area contributed by atoms with E-state index in [1.165, 1.54) is 12.8 Å². The Hall–Kier alpha value is -1.84. The van der Waals surface area contributed by atoms with Crippen molar-refractivity contribution in [3.63, 3.8) is 0 Å². The first-order valence-electron chi connectivity index (χ1n) is 7.70. The summed E-state index contributed by atoms with van der Waals surface area (Å²) in [4.78, 5) is 16.2. The minimum absolute atomic E-state index is 0.323. The summed E-state index contributed by atoms with van der Waals surface area (Å²) >= 11 is 0. The van der Waals surface area contributed by atoms with E-state index in [1.807, 2.05) is 6.07 Å². The number of hydrogen-bond donors (Lipinski definition) is 1. The number of aromatic carboxylic acids is 1. The summed E-state index contributed by atoms with van der Waals surface area (Å²) in [6, 6.07) is 5.36. The zero-order chi connectivity index (χ0) is 15.2. The van der Waals surface area contributed by atoms with Crippen molar-refractivity contribution in [3.8, 4) is 0 Å². The molecule has 112 valence electrons. The first kappa shape index (κ1) is 14.1. The maximum atomic E-state index is 11.5. The van der Waals surface area contributed by atoms with Crippen LogP contribution in [0.2, 0.25) is 0 Å². The van der Waals surface area contributed by atoms with Crippen LogP contribution in [0.15, 0.2) is 18.2 Å². The zero-order valence-corrected chi connectivity index (χ0v) is 12.9. The summed E-state index contributed by atoms with van der Waals surface area (Å²) in [6.45, 7) is 7.48. The Morgan fingerprint density at radius 3 is 2.67 bits per heavy atom. The summed E-state index contributed by atoms with van der Waals surface area (Å²) in [6.07, 6.45) is 3.27. The Bertz CT molecular complexity index is 696. The molecular weight excluding hydrogens is 264 g/mol. The fourth-order valence-electron chi connectivity index (χ4n) is 3.24. The van der Waals surface area contributed by atoms with Crippen molar-refractivity contribution in [2.45, 2.75) is 46.6 Å². The average molecular weight is 286 g/mol. The van der Waals surface area contributed by atoms with Gasteiger partial charge in [0.05, 0.1) is 16.6 Å². The summed E-state index contributed by atoms with van der Waals surface area (Å²) in [5.41, 5.74) is 2.27. The number of aromatic nitrogens is 2. The van der Waals surface area contributed by atoms with E-state index >= 15 is 0 Å². The van der Waals surface area contributed by atoms with Crippen molar-refractivity contribution in [2.24, 2.45) is 11.3 Å². The maximum absolute atomic E-state index is 11.5. The van der Waals surface area contributed by atoms with Crippen molar-refractivity contribution >= 4 is 17.0 Å². The molecule has 1 aliphatic rings. The normalized spacial score (nSPS) is 16.6. The topological polar surface area (TPSA) is 55.1 Å². The fourth-order valence-corrected chi connectivity index (χ4v) is 3.24. The van der Waals surface area contributed by atoms with E-state index in [4.69, 9.17) is 0 Å². The van der Waals surface area contributed by atoms with Gasteiger partial charge in [0.15, 0.2) is 0 Å². The highest BCUT2D eigenvalue weighted by atomic mass is 16.4. The number of carboxylic acids is 1. The Morgan fingerprint density at radius 2 is 2.14 bits per heavy atom. The van der Waals surface area contributed by atoms with Gasteiger partial charge >= 0.3 is 5.97 Å². The molecule has 1 heterocycles. The van der Waals surface area contributed by atoms with Crippen LogP contribution in [0.4, 0.5) is 0 Å². The molecule has 0 aliphatic heterocycles. The number of fused-ring (bicyclic) bond motifs is 1. The molecule has 1 N–H and O–H groups in total. The summed E-state index contributed by atoms with van der Waals surface area (Å²) in [5, 5.41) is 9.47. The second-order valence-corrected chi connectivity index (χ2v) is 6.46. The summed E-state index contributed by atoms with van der Waals surface area (Å²) in [5.74, 6) is 0.723. The van der Waals surface area contributed by atoms with Crippen molar-refractivity contribution in [1.29, 1.82) is 0 Å². The molecule has 4 heteroatoms. The number of nitrogens with zero attached hydrogens (tertiary/aromatic N) is 2. The molecule has 0 saturated heterocycles. The van der Waals surface area contributed by atoms with Crippen LogP contribution in [0.3, 0.4) is 0 Å². The summed E-state index contributed by atoms with van der Waals surface area (Å²) < 4.78 is 2.16. The second kappa shape index (κ2) is 4.86. The monoisotopic (exact) mass is 286 g/mol. The van der Waals surface area contributed by atoms with Crippen molar-refractivity contribution in [3.05, 3.63) is 29.6 Å². The summed E-state index contributed by atoms with van der Waals surface area (Å²) in [7, 11) is 0. The molecule has 1 saturated carbocycles. The standard InChI is InChI=1S/C17H22N2O2/c1-4-14-18-13-7-5-6-12(16(20)21)15(13)19(14)10-17(8-9-17)11(2)3/h5-7,11H,4,8-10H2,1-3H3,(H,20,21). The second-order valence-electron chi connectivity index (χ2n) is 6.46. The Balaban J connectivity index is 2.17. The smallest absolute Gasteiger partial charge is 0.337 e. The molecular formula is C17H22N2O2. The Morgan fingerprint density at radius 1 is 1.43 bits per heavy atom. The molecule has 1 aliphatic carbocycles. The van der Waals surface area contributed by atoms with Gasteiger partial charge in [0.2, 0.25) is 0 Å². The van der Waals surface area contributed by atoms with Gasteiger partial charge in [0.25, 0.3) is 0 Å². The van der Waals surface area contributed by atoms with Crippen LogP contribution in [-0.2, 0) is 13.0 Å². The van der Waals surface area contributed by atoms with Gasteiger partial charge in [-0.05, 0) is 36.3 Å². The van der Waals surface area contributed by atoms with E-state index < -0.39 is 5.97 Å². The molecule has 0 spiro atoms. The van der Waals surface area contributed by atoms with Gasteiger partial charge in [-0.2, -0.15) is 0 Å². The van der Waals surface area contributed by atoms with Crippen LogP contribution in [0, 0.1) is 11.3 Å². The van der Waals surface area contributed by atoms with Gasteiger partial charge in [-0.25, -0.2) is 9.78 Å². The van der Waals surface area contributed by atoms with E-state index in [-0.39, 0.29) is 0 Å². The molecule has 1 aromatic heterocycles. The van der Waals surface area contributed by atoms with Gasteiger partial charge in [-0.3, -0.25) is 0 Å². The molecule has 1 fully saturated rings. The third kappa shape index (κ3) is 2.23. The van der Waals surface area contributed by atoms with Gasteiger partial charge in [0, 0.05) is 13.0 Å². The predicted molar refractivity (Wildman–Crippen MR) is 82.6 cm³/mol. The number of aryl methyl sites for hydroxylation is 1. The SMILES string of the molecule is CCc1nc2cccc(C(=O)O)c2n1CC1(C(C)C)CC1. The number of imidazole rings is 1. The molecule has 3 rings (SSSR count). The average Bonchev–Trinajstić information content (AvgIpc) is 3.15. The number of benzene rings is 1. The van der Waals surface area contributed by atoms with Crippen molar-refractivity contribution in [2.75, 3.05) is 0 Å². The fraction of sp³-hybridized carbons (Fsp3) is 0.529. The Kier molecular flexibility index (Phi) is 3.27. The number of carboxylic acid groups (broad SMARTS) is 1. The highest BCUT2D eigenvalue weighted by molar-refractivity contribution is 6.01. The Labute approximate surface area is 124 Å². The van der Waals surface area contributed by atoms with Gasteiger partial charge in [-0.1, -0.05) is 26.8 Å². The van der Waals surface area contributed by atoms with Gasteiger partial charge in [0.1, 0.15) is 5.82 Å². The lowest BCUT2D eigenvalue weighted by molar-refractivity contribution is 0.0698. The molecule has 0 atom stereocenters. The van der Waals surface area contributed by atoms with Gasteiger partial charge < -0.3 is 9.67 Å². The zero-order valence-electron chi connectivity index (χ0n) is 12.9. The highest BCUT2D eigenvalue weighted by Gasteiger charge is 2.46. The minimum Gasteiger partial charge on any atom is -0.478 e. The lowest BCUT2D eigenvalue weighted by atomic mass is 9.92. The van der Waals surface area contributed by atoms with Crippen LogP contribution in [0.5, 0.6) is 0 Å². The van der Waals surface area contributed by atoms with E-state index in [9.17, 15) is 9.90 Å². The van der Waals surface area contributed by atoms with E-state index in [0.717, 1.165) is 29.8 Å². The quantitative estimate of drug-likeness (QED) is 0.911. The van der Waals surface area contributed by atoms with E-state index in [1.54, 1.807) is 12.1 Å². The van der Waals surface area contributed by atoms with Crippen molar-refractivity contribution < 1.29 is 9.90 Å². The number of carbonyl (C=O) groups is 1. The van der Waals surface area contributed by atoms with Crippen LogP contribution in [0.1, 0.15) is 49.8 Å². The molecule has 0 bridgehead atoms. The number of hydrogen-bond acceptors (Lipinski definition) is 2. The largest absolute Gasteiger partial charge is 0.478 e. The molecule has 4 nitrogen and oxygen atoms in total. The van der Waals surface area contributed by atoms with Crippen LogP contribution in [-0.4, -0.2) is 20.6 Å². The first-order chi connectivity index (χ1) is 9.98. The molecule has 1 aromatic carbocycles. The maximum Gasteiger partial charge on any atom is 0.337 e. The first-order valence-corrected chi connectivity index (χ1v) is 7.70. The van der Waals surface area contributed by atoms with Crippen LogP contribution >= 0.6 is 0 Å². The molecule has 0 unspecified atom stereocenters. The number of rotatable bonds is 5. The highest BCUT2D eigenvalue weighted by Crippen LogP contribution is 2.53. The van der Waals surface area contributed by atoms with Crippen molar-refractivity contribution in [1.82, 2.24) is 9.55 Å². The lowest BCUT2D eigenvalue weighted by Crippen LogP contribution is -2.20.